The highest BCUT2D eigenvalue weighted by atomic mass is 32.1. The van der Waals surface area contributed by atoms with Crippen molar-refractivity contribution >= 4 is 22.2 Å². The Labute approximate surface area is 164 Å². The zero-order valence-electron chi connectivity index (χ0n) is 16.3. The Morgan fingerprint density at radius 1 is 1.19 bits per heavy atom. The van der Waals surface area contributed by atoms with Crippen molar-refractivity contribution in [2.24, 2.45) is 0 Å². The van der Waals surface area contributed by atoms with Crippen LogP contribution in [-0.2, 0) is 6.42 Å². The second-order valence-electron chi connectivity index (χ2n) is 7.62. The highest BCUT2D eigenvalue weighted by Gasteiger charge is 2.33. The van der Waals surface area contributed by atoms with Crippen LogP contribution in [0, 0.1) is 13.8 Å². The van der Waals surface area contributed by atoms with Crippen molar-refractivity contribution in [2.75, 3.05) is 12.4 Å². The molecule has 0 fully saturated rings. The lowest BCUT2D eigenvalue weighted by molar-refractivity contribution is 0.134. The number of rotatable bonds is 4. The Hall–Kier alpha value is -2.53. The zero-order chi connectivity index (χ0) is 19.2. The van der Waals surface area contributed by atoms with Gasteiger partial charge < -0.3 is 14.8 Å². The summed E-state index contributed by atoms with van der Waals surface area (Å²) in [6, 6.07) is 12.5. The molecule has 0 aliphatic carbocycles. The van der Waals surface area contributed by atoms with Gasteiger partial charge in [-0.2, -0.15) is 0 Å². The monoisotopic (exact) mass is 380 g/mol. The van der Waals surface area contributed by atoms with Crippen LogP contribution in [-0.4, -0.2) is 17.7 Å². The van der Waals surface area contributed by atoms with Gasteiger partial charge in [0.25, 0.3) is 0 Å². The third-order valence-corrected chi connectivity index (χ3v) is 5.57. The van der Waals surface area contributed by atoms with Crippen molar-refractivity contribution in [3.05, 3.63) is 52.4 Å². The van der Waals surface area contributed by atoms with Crippen LogP contribution in [0.2, 0.25) is 0 Å². The Kier molecular flexibility index (Phi) is 4.35. The molecule has 0 bridgehead atoms. The molecule has 4 nitrogen and oxygen atoms in total. The molecule has 3 aromatic rings. The summed E-state index contributed by atoms with van der Waals surface area (Å²) in [7, 11) is 1.69. The van der Waals surface area contributed by atoms with Crippen molar-refractivity contribution in [1.29, 1.82) is 0 Å². The third kappa shape index (κ3) is 3.52. The number of aromatic nitrogens is 1. The van der Waals surface area contributed by atoms with Crippen LogP contribution >= 0.6 is 11.3 Å². The van der Waals surface area contributed by atoms with E-state index in [9.17, 15) is 0 Å². The van der Waals surface area contributed by atoms with Crippen molar-refractivity contribution < 1.29 is 9.47 Å². The summed E-state index contributed by atoms with van der Waals surface area (Å²) >= 11 is 1.66. The van der Waals surface area contributed by atoms with E-state index in [2.05, 4.69) is 57.3 Å². The fourth-order valence-corrected chi connectivity index (χ4v) is 4.39. The first-order chi connectivity index (χ1) is 12.8. The van der Waals surface area contributed by atoms with E-state index in [1.807, 2.05) is 12.1 Å². The minimum absolute atomic E-state index is 0.205. The second kappa shape index (κ2) is 6.57. The van der Waals surface area contributed by atoms with E-state index in [4.69, 9.17) is 14.5 Å². The quantitative estimate of drug-likeness (QED) is 0.613. The number of hydrogen-bond acceptors (Lipinski definition) is 5. The summed E-state index contributed by atoms with van der Waals surface area (Å²) in [4.78, 5) is 6.02. The first kappa shape index (κ1) is 17.9. The van der Waals surface area contributed by atoms with E-state index in [1.165, 1.54) is 16.0 Å². The number of hydrogen-bond donors (Lipinski definition) is 1. The molecule has 0 radical (unpaired) electrons. The number of nitrogens with zero attached hydrogens (tertiary/aromatic N) is 1. The number of thiazole rings is 1. The molecule has 0 atom stereocenters. The maximum Gasteiger partial charge on any atom is 0.187 e. The van der Waals surface area contributed by atoms with Crippen molar-refractivity contribution in [1.82, 2.24) is 4.98 Å². The number of benzene rings is 2. The van der Waals surface area contributed by atoms with Gasteiger partial charge in [0.15, 0.2) is 16.6 Å². The third-order valence-electron chi connectivity index (χ3n) is 4.69. The fraction of sp³-hybridized carbons (Fsp3) is 0.318. The lowest BCUT2D eigenvalue weighted by Gasteiger charge is -2.17. The van der Waals surface area contributed by atoms with Gasteiger partial charge in [-0.3, -0.25) is 0 Å². The van der Waals surface area contributed by atoms with Gasteiger partial charge in [0, 0.05) is 28.1 Å². The van der Waals surface area contributed by atoms with Gasteiger partial charge in [0.05, 0.1) is 12.8 Å². The summed E-state index contributed by atoms with van der Waals surface area (Å²) < 4.78 is 11.7. The van der Waals surface area contributed by atoms with Gasteiger partial charge >= 0.3 is 0 Å². The van der Waals surface area contributed by atoms with Gasteiger partial charge in [-0.25, -0.2) is 4.98 Å². The van der Waals surface area contributed by atoms with Crippen molar-refractivity contribution in [3.63, 3.8) is 0 Å². The molecule has 0 saturated heterocycles. The minimum Gasteiger partial charge on any atom is -0.493 e. The molecule has 1 aromatic heterocycles. The predicted molar refractivity (Wildman–Crippen MR) is 112 cm³/mol. The highest BCUT2D eigenvalue weighted by Crippen LogP contribution is 2.45. The lowest BCUT2D eigenvalue weighted by atomic mass is 9.99. The zero-order valence-corrected chi connectivity index (χ0v) is 17.2. The van der Waals surface area contributed by atoms with Crippen LogP contribution in [0.25, 0.3) is 11.3 Å². The fourth-order valence-electron chi connectivity index (χ4n) is 3.53. The van der Waals surface area contributed by atoms with Crippen molar-refractivity contribution in [2.45, 2.75) is 39.7 Å². The van der Waals surface area contributed by atoms with Crippen LogP contribution in [0.4, 0.5) is 10.8 Å². The summed E-state index contributed by atoms with van der Waals surface area (Å²) in [5, 5.41) is 4.31. The normalized spacial score (nSPS) is 14.6. The molecule has 2 heterocycles. The largest absolute Gasteiger partial charge is 0.493 e. The van der Waals surface area contributed by atoms with Crippen LogP contribution < -0.4 is 14.8 Å². The molecule has 0 unspecified atom stereocenters. The topological polar surface area (TPSA) is 43.4 Å². The molecule has 1 aliphatic heterocycles. The Morgan fingerprint density at radius 3 is 2.74 bits per heavy atom. The van der Waals surface area contributed by atoms with Gasteiger partial charge in [0.2, 0.25) is 0 Å². The number of nitrogens with one attached hydrogen (secondary N) is 1. The van der Waals surface area contributed by atoms with Crippen LogP contribution in [0.5, 0.6) is 11.5 Å². The Balaban J connectivity index is 1.69. The lowest BCUT2D eigenvalue weighted by Crippen LogP contribution is -2.24. The highest BCUT2D eigenvalue weighted by molar-refractivity contribution is 7.16. The second-order valence-corrected chi connectivity index (χ2v) is 8.83. The number of anilines is 2. The van der Waals surface area contributed by atoms with Gasteiger partial charge in [-0.1, -0.05) is 12.1 Å². The molecule has 27 heavy (non-hydrogen) atoms. The number of ether oxygens (including phenoxy) is 2. The smallest absolute Gasteiger partial charge is 0.187 e. The number of methoxy groups -OCH3 is 1. The molecule has 1 N–H and O–H groups in total. The SMILES string of the molecule is COc1cc(-c2nc(Nc3cccc(C)c3)sc2C)cc2c1OC(C)(C)C2. The molecule has 0 saturated carbocycles. The summed E-state index contributed by atoms with van der Waals surface area (Å²) in [6.45, 7) is 8.40. The van der Waals surface area contributed by atoms with Gasteiger partial charge in [-0.15, -0.1) is 11.3 Å². The molecule has 5 heteroatoms. The molecule has 0 spiro atoms. The number of fused-ring (bicyclic) bond motifs is 1. The maximum absolute atomic E-state index is 6.08. The minimum atomic E-state index is -0.205. The maximum atomic E-state index is 6.08. The molecule has 1 aliphatic rings. The van der Waals surface area contributed by atoms with E-state index in [0.29, 0.717) is 0 Å². The first-order valence-electron chi connectivity index (χ1n) is 9.06. The Morgan fingerprint density at radius 2 is 2.00 bits per heavy atom. The van der Waals surface area contributed by atoms with E-state index < -0.39 is 0 Å². The molecular formula is C22H24N2O2S. The van der Waals surface area contributed by atoms with Crippen molar-refractivity contribution in [3.8, 4) is 22.8 Å². The molecule has 2 aromatic carbocycles. The van der Waals surface area contributed by atoms with Gasteiger partial charge in [0.1, 0.15) is 5.60 Å². The van der Waals surface area contributed by atoms with Gasteiger partial charge in [-0.05, 0) is 57.5 Å². The van der Waals surface area contributed by atoms with Crippen LogP contribution in [0.15, 0.2) is 36.4 Å². The average Bonchev–Trinajstić information content (AvgIpc) is 3.11. The van der Waals surface area contributed by atoms with Crippen LogP contribution in [0.1, 0.15) is 29.9 Å². The van der Waals surface area contributed by atoms with E-state index >= 15 is 0 Å². The summed E-state index contributed by atoms with van der Waals surface area (Å²) in [6.07, 6.45) is 0.865. The summed E-state index contributed by atoms with van der Waals surface area (Å²) in [5.74, 6) is 1.63. The first-order valence-corrected chi connectivity index (χ1v) is 9.88. The van der Waals surface area contributed by atoms with Crippen LogP contribution in [0.3, 0.4) is 0 Å². The molecule has 140 valence electrons. The summed E-state index contributed by atoms with van der Waals surface area (Å²) in [5.41, 5.74) is 5.30. The predicted octanol–water partition coefficient (Wildman–Crippen LogP) is 5.89. The van der Waals surface area contributed by atoms with E-state index in [-0.39, 0.29) is 5.60 Å². The molecule has 0 amide bonds. The standard InChI is InChI=1S/C22H24N2O2S/c1-13-7-6-8-17(9-13)23-21-24-19(14(2)27-21)15-10-16-12-22(3,4)26-20(16)18(11-15)25-5/h6-11H,12H2,1-5H3,(H,23,24). The Bertz CT molecular complexity index is 1010. The molecular weight excluding hydrogens is 356 g/mol. The molecule has 4 rings (SSSR count). The van der Waals surface area contributed by atoms with E-state index in [1.54, 1.807) is 18.4 Å². The average molecular weight is 381 g/mol. The number of aryl methyl sites for hydroxylation is 2. The van der Waals surface area contributed by atoms with E-state index in [0.717, 1.165) is 40.0 Å².